The number of amides is 1. The first-order valence-corrected chi connectivity index (χ1v) is 5.46. The minimum Gasteiger partial charge on any atom is -0.343 e. The first-order chi connectivity index (χ1) is 4.99. The van der Waals surface area contributed by atoms with Crippen molar-refractivity contribution in [3.8, 4) is 0 Å². The predicted octanol–water partition coefficient (Wildman–Crippen LogP) is -0.187. The minimum absolute atomic E-state index is 0.0549. The minimum atomic E-state index is -2.89. The third kappa shape index (κ3) is 2.70. The van der Waals surface area contributed by atoms with Crippen LogP contribution in [0, 0.1) is 0 Å². The second kappa shape index (κ2) is 3.02. The maximum atomic E-state index is 10.8. The smallest absolute Gasteiger partial charge is 0.276 e. The Morgan fingerprint density at radius 2 is 2.18 bits per heavy atom. The second-order valence-electron chi connectivity index (χ2n) is 2.55. The highest BCUT2D eigenvalue weighted by atomic mass is 32.2. The number of sulfone groups is 1. The molecular formula is C5H9NO3S2. The van der Waals surface area contributed by atoms with Crippen LogP contribution in [0.2, 0.25) is 0 Å². The Morgan fingerprint density at radius 1 is 1.55 bits per heavy atom. The maximum Gasteiger partial charge on any atom is 0.276 e. The second-order valence-corrected chi connectivity index (χ2v) is 5.18. The van der Waals surface area contributed by atoms with Crippen molar-refractivity contribution in [3.63, 3.8) is 0 Å². The molecular weight excluding hydrogens is 186 g/mol. The predicted molar refractivity (Wildman–Crippen MR) is 44.6 cm³/mol. The molecule has 0 spiro atoms. The number of hydrogen-bond donors (Lipinski definition) is 2. The fourth-order valence-electron chi connectivity index (χ4n) is 1.08. The van der Waals surface area contributed by atoms with Gasteiger partial charge < -0.3 is 5.32 Å². The molecule has 1 atom stereocenters. The maximum absolute atomic E-state index is 10.8. The standard InChI is InChI=1S/C5H9NO3S2/c7-5(10)6-4-1-2-11(8,9)3-4/h4H,1-3H2,(H2,6,7,10)/t4-/m1/s1. The summed E-state index contributed by atoms with van der Waals surface area (Å²) in [7, 11) is -2.89. The summed E-state index contributed by atoms with van der Waals surface area (Å²) in [6.07, 6.45) is 0.509. The molecule has 4 nitrogen and oxygen atoms in total. The van der Waals surface area contributed by atoms with Gasteiger partial charge in [0.25, 0.3) is 5.24 Å². The van der Waals surface area contributed by atoms with Crippen molar-refractivity contribution in [1.82, 2.24) is 5.32 Å². The lowest BCUT2D eigenvalue weighted by Gasteiger charge is -2.05. The topological polar surface area (TPSA) is 63.2 Å². The van der Waals surface area contributed by atoms with E-state index in [0.717, 1.165) is 0 Å². The van der Waals surface area contributed by atoms with Crippen LogP contribution in [0.1, 0.15) is 6.42 Å². The molecule has 1 N–H and O–H groups in total. The van der Waals surface area contributed by atoms with Gasteiger partial charge >= 0.3 is 0 Å². The number of rotatable bonds is 1. The molecule has 1 rings (SSSR count). The highest BCUT2D eigenvalue weighted by Gasteiger charge is 2.28. The number of hydrogen-bond acceptors (Lipinski definition) is 3. The zero-order valence-electron chi connectivity index (χ0n) is 5.78. The summed E-state index contributed by atoms with van der Waals surface area (Å²) in [5.41, 5.74) is 0. The van der Waals surface area contributed by atoms with E-state index in [1.165, 1.54) is 0 Å². The summed E-state index contributed by atoms with van der Waals surface area (Å²) < 4.78 is 21.7. The van der Waals surface area contributed by atoms with Crippen LogP contribution in [0.25, 0.3) is 0 Å². The SMILES string of the molecule is O=C(S)N[C@@H]1CCS(=O)(=O)C1. The zero-order valence-corrected chi connectivity index (χ0v) is 7.49. The average Bonchev–Trinajstić information content (AvgIpc) is 2.08. The van der Waals surface area contributed by atoms with Crippen molar-refractivity contribution >= 4 is 27.7 Å². The van der Waals surface area contributed by atoms with Gasteiger partial charge in [0, 0.05) is 6.04 Å². The van der Waals surface area contributed by atoms with Crippen molar-refractivity contribution in [2.45, 2.75) is 12.5 Å². The fourth-order valence-corrected chi connectivity index (χ4v) is 2.94. The lowest BCUT2D eigenvalue weighted by atomic mass is 10.3. The Kier molecular flexibility index (Phi) is 2.43. The summed E-state index contributed by atoms with van der Waals surface area (Å²) in [4.78, 5) is 10.4. The van der Waals surface area contributed by atoms with Crippen molar-refractivity contribution in [2.75, 3.05) is 11.5 Å². The van der Waals surface area contributed by atoms with Crippen molar-refractivity contribution < 1.29 is 13.2 Å². The van der Waals surface area contributed by atoms with Crippen LogP contribution in [-0.4, -0.2) is 31.2 Å². The molecule has 0 saturated carbocycles. The van der Waals surface area contributed by atoms with Gasteiger partial charge in [-0.15, -0.1) is 0 Å². The Balaban J connectivity index is 2.49. The monoisotopic (exact) mass is 195 g/mol. The van der Waals surface area contributed by atoms with Crippen LogP contribution in [0.4, 0.5) is 4.79 Å². The van der Waals surface area contributed by atoms with Gasteiger partial charge in [0.05, 0.1) is 11.5 Å². The van der Waals surface area contributed by atoms with Crippen molar-refractivity contribution in [2.24, 2.45) is 0 Å². The molecule has 0 aromatic carbocycles. The van der Waals surface area contributed by atoms with Gasteiger partial charge in [0.2, 0.25) is 0 Å². The van der Waals surface area contributed by atoms with E-state index >= 15 is 0 Å². The van der Waals surface area contributed by atoms with E-state index in [2.05, 4.69) is 17.9 Å². The Bertz CT molecular complexity index is 259. The van der Waals surface area contributed by atoms with Crippen LogP contribution in [-0.2, 0) is 9.84 Å². The zero-order chi connectivity index (χ0) is 8.48. The number of carbonyl (C=O) groups excluding carboxylic acids is 1. The van der Waals surface area contributed by atoms with Crippen molar-refractivity contribution in [1.29, 1.82) is 0 Å². The fraction of sp³-hybridized carbons (Fsp3) is 0.800. The number of carbonyl (C=O) groups is 1. The molecule has 1 aliphatic heterocycles. The third-order valence-corrected chi connectivity index (χ3v) is 3.46. The molecule has 1 aliphatic rings. The van der Waals surface area contributed by atoms with E-state index in [4.69, 9.17) is 0 Å². The Labute approximate surface area is 70.7 Å². The molecule has 0 radical (unpaired) electrons. The molecule has 0 aromatic heterocycles. The third-order valence-electron chi connectivity index (χ3n) is 1.56. The molecule has 1 fully saturated rings. The summed E-state index contributed by atoms with van der Waals surface area (Å²) >= 11 is 3.49. The molecule has 1 heterocycles. The van der Waals surface area contributed by atoms with Gasteiger partial charge in [-0.2, -0.15) is 0 Å². The van der Waals surface area contributed by atoms with Gasteiger partial charge in [0.1, 0.15) is 0 Å². The highest BCUT2D eigenvalue weighted by Crippen LogP contribution is 2.11. The highest BCUT2D eigenvalue weighted by molar-refractivity contribution is 7.96. The first kappa shape index (κ1) is 8.86. The van der Waals surface area contributed by atoms with Crippen LogP contribution in [0.3, 0.4) is 0 Å². The Hall–Kier alpha value is -0.230. The average molecular weight is 195 g/mol. The van der Waals surface area contributed by atoms with Crippen LogP contribution in [0.5, 0.6) is 0 Å². The van der Waals surface area contributed by atoms with Gasteiger partial charge in [-0.3, -0.25) is 4.79 Å². The van der Waals surface area contributed by atoms with E-state index in [1.54, 1.807) is 0 Å². The van der Waals surface area contributed by atoms with Gasteiger partial charge in [-0.1, -0.05) is 12.6 Å². The summed E-state index contributed by atoms with van der Waals surface area (Å²) in [5.74, 6) is 0.227. The summed E-state index contributed by atoms with van der Waals surface area (Å²) in [5, 5.41) is 1.98. The van der Waals surface area contributed by atoms with Crippen molar-refractivity contribution in [3.05, 3.63) is 0 Å². The molecule has 0 unspecified atom stereocenters. The van der Waals surface area contributed by atoms with E-state index in [9.17, 15) is 13.2 Å². The molecule has 0 aliphatic carbocycles. The van der Waals surface area contributed by atoms with Crippen LogP contribution < -0.4 is 5.32 Å². The lowest BCUT2D eigenvalue weighted by Crippen LogP contribution is -2.31. The van der Waals surface area contributed by atoms with E-state index < -0.39 is 15.1 Å². The Morgan fingerprint density at radius 3 is 2.55 bits per heavy atom. The normalized spacial score (nSPS) is 28.3. The van der Waals surface area contributed by atoms with E-state index in [0.29, 0.717) is 6.42 Å². The number of thiol groups is 1. The molecule has 6 heteroatoms. The lowest BCUT2D eigenvalue weighted by molar-refractivity contribution is 0.258. The number of nitrogens with one attached hydrogen (secondary N) is 1. The molecule has 0 aromatic rings. The van der Waals surface area contributed by atoms with E-state index in [-0.39, 0.29) is 17.5 Å². The molecule has 64 valence electrons. The van der Waals surface area contributed by atoms with Gasteiger partial charge in [-0.25, -0.2) is 8.42 Å². The molecule has 0 bridgehead atoms. The molecule has 11 heavy (non-hydrogen) atoms. The molecule has 1 amide bonds. The molecule has 1 saturated heterocycles. The largest absolute Gasteiger partial charge is 0.343 e. The van der Waals surface area contributed by atoms with Crippen LogP contribution in [0.15, 0.2) is 0 Å². The van der Waals surface area contributed by atoms with E-state index in [1.807, 2.05) is 0 Å². The van der Waals surface area contributed by atoms with Gasteiger partial charge in [0.15, 0.2) is 9.84 Å². The quantitative estimate of drug-likeness (QED) is 0.570. The van der Waals surface area contributed by atoms with Gasteiger partial charge in [-0.05, 0) is 6.42 Å². The first-order valence-electron chi connectivity index (χ1n) is 3.19. The summed E-state index contributed by atoms with van der Waals surface area (Å²) in [6, 6.07) is -0.231. The van der Waals surface area contributed by atoms with Crippen LogP contribution >= 0.6 is 12.6 Å². The summed E-state index contributed by atoms with van der Waals surface area (Å²) in [6.45, 7) is 0.